The van der Waals surface area contributed by atoms with Gasteiger partial charge in [-0.3, -0.25) is 0 Å². The lowest BCUT2D eigenvalue weighted by atomic mass is 10.1. The van der Waals surface area contributed by atoms with Crippen LogP contribution < -0.4 is 14.2 Å². The molecule has 3 rings (SSSR count). The van der Waals surface area contributed by atoms with Crippen LogP contribution in [0, 0.1) is 5.82 Å². The highest BCUT2D eigenvalue weighted by molar-refractivity contribution is 7.97. The van der Waals surface area contributed by atoms with E-state index in [2.05, 4.69) is 19.4 Å². The van der Waals surface area contributed by atoms with Crippen LogP contribution in [0.25, 0.3) is 0 Å². The lowest BCUT2D eigenvalue weighted by Gasteiger charge is -2.20. The highest BCUT2D eigenvalue weighted by Gasteiger charge is 2.24. The van der Waals surface area contributed by atoms with E-state index in [9.17, 15) is 13.2 Å². The van der Waals surface area contributed by atoms with Gasteiger partial charge in [-0.05, 0) is 43.1 Å². The predicted molar refractivity (Wildman–Crippen MR) is 97.4 cm³/mol. The zero-order valence-corrected chi connectivity index (χ0v) is 15.7. The number of aromatic nitrogens is 2. The van der Waals surface area contributed by atoms with Crippen molar-refractivity contribution in [2.24, 2.45) is 0 Å². The lowest BCUT2D eigenvalue weighted by Crippen LogP contribution is -2.18. The SMILES string of the molecule is CCOCc1ccnc(OC(C2=CCSN2)c2ccc(F)c(OC(F)F)c2)n1. The van der Waals surface area contributed by atoms with Gasteiger partial charge in [0, 0.05) is 24.1 Å². The molecule has 1 aliphatic heterocycles. The zero-order valence-electron chi connectivity index (χ0n) is 14.9. The summed E-state index contributed by atoms with van der Waals surface area (Å²) >= 11 is 1.44. The van der Waals surface area contributed by atoms with Crippen LogP contribution >= 0.6 is 11.9 Å². The minimum atomic E-state index is -3.14. The van der Waals surface area contributed by atoms with Gasteiger partial charge in [-0.1, -0.05) is 6.07 Å². The van der Waals surface area contributed by atoms with Crippen LogP contribution in [-0.2, 0) is 11.3 Å². The zero-order chi connectivity index (χ0) is 19.9. The number of rotatable bonds is 9. The third-order valence-electron chi connectivity index (χ3n) is 3.70. The average molecular weight is 413 g/mol. The van der Waals surface area contributed by atoms with Crippen LogP contribution in [0.1, 0.15) is 24.3 Å². The van der Waals surface area contributed by atoms with Crippen LogP contribution in [0.2, 0.25) is 0 Å². The van der Waals surface area contributed by atoms with Crippen molar-refractivity contribution < 1.29 is 27.4 Å². The van der Waals surface area contributed by atoms with E-state index in [1.54, 1.807) is 6.07 Å². The number of alkyl halides is 2. The molecule has 0 aliphatic carbocycles. The molecular weight excluding hydrogens is 395 g/mol. The molecule has 1 aliphatic rings. The second kappa shape index (κ2) is 9.65. The van der Waals surface area contributed by atoms with Crippen molar-refractivity contribution in [1.29, 1.82) is 0 Å². The fourth-order valence-corrected chi connectivity index (χ4v) is 3.17. The third-order valence-corrected chi connectivity index (χ3v) is 4.41. The molecule has 1 N–H and O–H groups in total. The molecule has 2 aromatic rings. The molecule has 6 nitrogen and oxygen atoms in total. The van der Waals surface area contributed by atoms with Crippen molar-refractivity contribution in [2.45, 2.75) is 26.2 Å². The molecule has 1 aromatic carbocycles. The Labute approximate surface area is 164 Å². The lowest BCUT2D eigenvalue weighted by molar-refractivity contribution is -0.0523. The molecule has 1 unspecified atom stereocenters. The van der Waals surface area contributed by atoms with Crippen LogP contribution in [0.3, 0.4) is 0 Å². The minimum Gasteiger partial charge on any atom is -0.449 e. The van der Waals surface area contributed by atoms with E-state index in [0.717, 1.165) is 6.07 Å². The maximum Gasteiger partial charge on any atom is 0.387 e. The van der Waals surface area contributed by atoms with E-state index in [1.165, 1.54) is 30.3 Å². The molecule has 0 spiro atoms. The van der Waals surface area contributed by atoms with Gasteiger partial charge in [-0.15, -0.1) is 0 Å². The molecule has 150 valence electrons. The van der Waals surface area contributed by atoms with E-state index in [1.807, 2.05) is 13.0 Å². The highest BCUT2D eigenvalue weighted by Crippen LogP contribution is 2.32. The Bertz CT molecular complexity index is 839. The van der Waals surface area contributed by atoms with Gasteiger partial charge < -0.3 is 18.9 Å². The summed E-state index contributed by atoms with van der Waals surface area (Å²) in [6.45, 7) is -0.417. The van der Waals surface area contributed by atoms with Gasteiger partial charge in [0.05, 0.1) is 18.0 Å². The van der Waals surface area contributed by atoms with Gasteiger partial charge in [0.1, 0.15) is 0 Å². The summed E-state index contributed by atoms with van der Waals surface area (Å²) in [5.41, 5.74) is 1.73. The monoisotopic (exact) mass is 413 g/mol. The maximum absolute atomic E-state index is 13.8. The molecule has 0 saturated heterocycles. The predicted octanol–water partition coefficient (Wildman–Crippen LogP) is 4.01. The smallest absolute Gasteiger partial charge is 0.387 e. The molecule has 0 fully saturated rings. The molecule has 10 heteroatoms. The number of nitrogens with zero attached hydrogens (tertiary/aromatic N) is 2. The van der Waals surface area contributed by atoms with Crippen molar-refractivity contribution in [3.63, 3.8) is 0 Å². The van der Waals surface area contributed by atoms with E-state index >= 15 is 0 Å². The van der Waals surface area contributed by atoms with Crippen LogP contribution in [0.15, 0.2) is 42.2 Å². The van der Waals surface area contributed by atoms with E-state index in [0.29, 0.717) is 35.9 Å². The Balaban J connectivity index is 1.88. The summed E-state index contributed by atoms with van der Waals surface area (Å²) in [7, 11) is 0. The fraction of sp³-hybridized carbons (Fsp3) is 0.333. The molecule has 28 heavy (non-hydrogen) atoms. The molecule has 1 aromatic heterocycles. The molecule has 0 saturated carbocycles. The number of halogens is 3. The number of nitrogens with one attached hydrogen (secondary N) is 1. The third kappa shape index (κ3) is 5.29. The van der Waals surface area contributed by atoms with Crippen molar-refractivity contribution >= 4 is 11.9 Å². The maximum atomic E-state index is 13.8. The normalized spacial score (nSPS) is 14.5. The largest absolute Gasteiger partial charge is 0.449 e. The summed E-state index contributed by atoms with van der Waals surface area (Å²) in [5, 5.41) is 0. The summed E-state index contributed by atoms with van der Waals surface area (Å²) in [5.74, 6) is -0.749. The van der Waals surface area contributed by atoms with Gasteiger partial charge >= 0.3 is 12.6 Å². The van der Waals surface area contributed by atoms with E-state index in [4.69, 9.17) is 9.47 Å². The topological polar surface area (TPSA) is 65.5 Å². The molecular formula is C18H18F3N3O3S. The Kier molecular flexibility index (Phi) is 6.99. The van der Waals surface area contributed by atoms with Crippen molar-refractivity contribution in [2.75, 3.05) is 12.4 Å². The van der Waals surface area contributed by atoms with Crippen LogP contribution in [-0.4, -0.2) is 28.9 Å². The Morgan fingerprint density at radius 3 is 2.82 bits per heavy atom. The summed E-state index contributed by atoms with van der Waals surface area (Å²) < 4.78 is 57.5. The van der Waals surface area contributed by atoms with Crippen molar-refractivity contribution in [3.8, 4) is 11.8 Å². The molecule has 1 atom stereocenters. The van der Waals surface area contributed by atoms with Crippen LogP contribution in [0.4, 0.5) is 13.2 Å². The number of hydrogen-bond acceptors (Lipinski definition) is 7. The van der Waals surface area contributed by atoms with Crippen molar-refractivity contribution in [1.82, 2.24) is 14.7 Å². The van der Waals surface area contributed by atoms with Crippen molar-refractivity contribution in [3.05, 3.63) is 59.3 Å². The molecule has 2 heterocycles. The Morgan fingerprint density at radius 2 is 2.11 bits per heavy atom. The highest BCUT2D eigenvalue weighted by atomic mass is 32.2. The first-order valence-corrected chi connectivity index (χ1v) is 9.43. The summed E-state index contributed by atoms with van der Waals surface area (Å²) in [4.78, 5) is 8.39. The summed E-state index contributed by atoms with van der Waals surface area (Å²) in [6.07, 6.45) is 2.67. The van der Waals surface area contributed by atoms with E-state index in [-0.39, 0.29) is 6.01 Å². The second-order valence-corrected chi connectivity index (χ2v) is 6.43. The summed E-state index contributed by atoms with van der Waals surface area (Å²) in [6, 6.07) is 5.46. The van der Waals surface area contributed by atoms with Gasteiger partial charge in [-0.25, -0.2) is 9.37 Å². The Hall–Kier alpha value is -2.46. The molecule has 0 amide bonds. The van der Waals surface area contributed by atoms with Gasteiger partial charge in [0.25, 0.3) is 0 Å². The molecule has 0 radical (unpaired) electrons. The van der Waals surface area contributed by atoms with Gasteiger partial charge in [0.2, 0.25) is 0 Å². The number of benzene rings is 1. The number of ether oxygens (including phenoxy) is 3. The van der Waals surface area contributed by atoms with Crippen LogP contribution in [0.5, 0.6) is 11.8 Å². The first-order valence-electron chi connectivity index (χ1n) is 8.45. The molecule has 0 bridgehead atoms. The minimum absolute atomic E-state index is 0.0856. The second-order valence-electron chi connectivity index (χ2n) is 5.61. The number of hydrogen-bond donors (Lipinski definition) is 1. The fourth-order valence-electron chi connectivity index (χ4n) is 2.46. The van der Waals surface area contributed by atoms with E-state index < -0.39 is 24.3 Å². The average Bonchev–Trinajstić information content (AvgIpc) is 3.21. The quantitative estimate of drug-likeness (QED) is 0.623. The Morgan fingerprint density at radius 1 is 1.25 bits per heavy atom. The standard InChI is InChI=1S/C18H18F3N3O3S/c1-2-25-10-12-5-7-22-18(23-12)27-16(14-6-8-28-24-14)11-3-4-13(19)15(9-11)26-17(20)21/h3-7,9,16-17,24H,2,8,10H2,1H3. The first-order chi connectivity index (χ1) is 13.6. The van der Waals surface area contributed by atoms with Gasteiger partial charge in [0.15, 0.2) is 17.7 Å². The first kappa shape index (κ1) is 20.3. The van der Waals surface area contributed by atoms with Gasteiger partial charge in [-0.2, -0.15) is 13.8 Å².